The maximum atomic E-state index is 12.2. The predicted molar refractivity (Wildman–Crippen MR) is 71.1 cm³/mol. The summed E-state index contributed by atoms with van der Waals surface area (Å²) in [5.41, 5.74) is 0. The van der Waals surface area contributed by atoms with Crippen LogP contribution < -0.4 is 0 Å². The van der Waals surface area contributed by atoms with Crippen molar-refractivity contribution in [1.82, 2.24) is 9.80 Å². The van der Waals surface area contributed by atoms with Crippen LogP contribution in [0.3, 0.4) is 0 Å². The third kappa shape index (κ3) is 3.85. The molecule has 1 N–H and O–H groups in total. The number of carbonyl (C=O) groups excluding carboxylic acids is 2. The normalized spacial score (nSPS) is 18.4. The van der Waals surface area contributed by atoms with Crippen molar-refractivity contribution in [1.29, 1.82) is 0 Å². The van der Waals surface area contributed by atoms with E-state index in [1.165, 1.54) is 6.92 Å². The van der Waals surface area contributed by atoms with E-state index in [-0.39, 0.29) is 12.0 Å². The number of carboxylic acids is 1. The quantitative estimate of drug-likeness (QED) is 0.819. The van der Waals surface area contributed by atoms with Gasteiger partial charge in [0.15, 0.2) is 0 Å². The fraction of sp³-hybridized carbons (Fsp3) is 0.769. The number of nitrogens with zero attached hydrogens (tertiary/aromatic N) is 2. The van der Waals surface area contributed by atoms with Gasteiger partial charge in [-0.3, -0.25) is 9.59 Å². The molecule has 1 rings (SSSR count). The Morgan fingerprint density at radius 2 is 1.55 bits per heavy atom. The molecular weight excluding hydrogens is 264 g/mol. The van der Waals surface area contributed by atoms with Crippen LogP contribution >= 0.6 is 0 Å². The molecule has 2 atom stereocenters. The van der Waals surface area contributed by atoms with Crippen molar-refractivity contribution in [2.45, 2.75) is 20.8 Å². The van der Waals surface area contributed by atoms with Gasteiger partial charge < -0.3 is 19.6 Å². The average Bonchev–Trinajstić information content (AvgIpc) is 2.45. The number of hydrogen-bond acceptors (Lipinski definition) is 4. The van der Waals surface area contributed by atoms with Gasteiger partial charge in [-0.15, -0.1) is 0 Å². The Hall–Kier alpha value is -1.79. The monoisotopic (exact) mass is 286 g/mol. The van der Waals surface area contributed by atoms with Gasteiger partial charge in [0.2, 0.25) is 5.91 Å². The smallest absolute Gasteiger partial charge is 0.409 e. The van der Waals surface area contributed by atoms with Crippen molar-refractivity contribution < 1.29 is 24.2 Å². The van der Waals surface area contributed by atoms with Crippen LogP contribution in [0.4, 0.5) is 4.79 Å². The Morgan fingerprint density at radius 1 is 1.05 bits per heavy atom. The zero-order valence-corrected chi connectivity index (χ0v) is 12.2. The van der Waals surface area contributed by atoms with Crippen molar-refractivity contribution in [2.75, 3.05) is 32.8 Å². The highest BCUT2D eigenvalue weighted by Crippen LogP contribution is 2.16. The molecule has 1 heterocycles. The summed E-state index contributed by atoms with van der Waals surface area (Å²) in [5.74, 6) is -2.44. The largest absolute Gasteiger partial charge is 0.481 e. The summed E-state index contributed by atoms with van der Waals surface area (Å²) in [6, 6.07) is 0. The van der Waals surface area contributed by atoms with Crippen LogP contribution in [0.25, 0.3) is 0 Å². The number of ether oxygens (including phenoxy) is 1. The first kappa shape index (κ1) is 16.3. The summed E-state index contributed by atoms with van der Waals surface area (Å²) in [6.45, 7) is 6.87. The molecule has 0 aromatic rings. The van der Waals surface area contributed by atoms with Crippen LogP contribution in [0.2, 0.25) is 0 Å². The van der Waals surface area contributed by atoms with E-state index in [4.69, 9.17) is 9.84 Å². The van der Waals surface area contributed by atoms with Gasteiger partial charge in [0, 0.05) is 32.1 Å². The molecule has 0 aromatic carbocycles. The van der Waals surface area contributed by atoms with E-state index in [1.807, 2.05) is 0 Å². The molecule has 0 bridgehead atoms. The molecule has 0 aromatic heterocycles. The first-order valence-corrected chi connectivity index (χ1v) is 6.81. The Morgan fingerprint density at radius 3 is 2.00 bits per heavy atom. The first-order valence-electron chi connectivity index (χ1n) is 6.81. The van der Waals surface area contributed by atoms with Crippen LogP contribution in [0.15, 0.2) is 0 Å². The zero-order valence-electron chi connectivity index (χ0n) is 12.2. The second-order valence-electron chi connectivity index (χ2n) is 4.93. The van der Waals surface area contributed by atoms with E-state index in [1.54, 1.807) is 23.6 Å². The molecule has 7 nitrogen and oxygen atoms in total. The third-order valence-electron chi connectivity index (χ3n) is 3.65. The number of aliphatic carboxylic acids is 1. The Kier molecular flexibility index (Phi) is 5.79. The highest BCUT2D eigenvalue weighted by atomic mass is 16.6. The number of carbonyl (C=O) groups is 3. The van der Waals surface area contributed by atoms with E-state index in [0.29, 0.717) is 32.8 Å². The molecule has 0 radical (unpaired) electrons. The highest BCUT2D eigenvalue weighted by Gasteiger charge is 2.32. The van der Waals surface area contributed by atoms with Gasteiger partial charge in [-0.25, -0.2) is 4.79 Å². The molecule has 7 heteroatoms. The van der Waals surface area contributed by atoms with Crippen molar-refractivity contribution >= 4 is 18.0 Å². The zero-order chi connectivity index (χ0) is 15.3. The molecule has 0 aliphatic carbocycles. The lowest BCUT2D eigenvalue weighted by Gasteiger charge is -2.35. The van der Waals surface area contributed by atoms with Gasteiger partial charge >= 0.3 is 12.1 Å². The van der Waals surface area contributed by atoms with Crippen LogP contribution in [-0.2, 0) is 14.3 Å². The standard InChI is InChI=1S/C13H22N2O5/c1-4-20-13(19)15-7-5-14(6-8-15)11(16)9(2)10(3)12(17)18/h9-10H,4-8H2,1-3H3,(H,17,18). The molecular formula is C13H22N2O5. The molecule has 0 spiro atoms. The topological polar surface area (TPSA) is 87.2 Å². The molecule has 2 unspecified atom stereocenters. The fourth-order valence-electron chi connectivity index (χ4n) is 2.04. The fourth-order valence-corrected chi connectivity index (χ4v) is 2.04. The van der Waals surface area contributed by atoms with E-state index in [0.717, 1.165) is 0 Å². The molecule has 114 valence electrons. The lowest BCUT2D eigenvalue weighted by Crippen LogP contribution is -2.52. The van der Waals surface area contributed by atoms with Crippen LogP contribution in [-0.4, -0.2) is 65.7 Å². The number of hydrogen-bond donors (Lipinski definition) is 1. The minimum absolute atomic E-state index is 0.177. The minimum atomic E-state index is -0.976. The lowest BCUT2D eigenvalue weighted by molar-refractivity contribution is -0.149. The number of amides is 2. The summed E-state index contributed by atoms with van der Waals surface area (Å²) in [7, 11) is 0. The van der Waals surface area contributed by atoms with Crippen molar-refractivity contribution in [3.05, 3.63) is 0 Å². The molecule has 1 aliphatic heterocycles. The van der Waals surface area contributed by atoms with Gasteiger partial charge in [-0.05, 0) is 6.92 Å². The van der Waals surface area contributed by atoms with Gasteiger partial charge in [0.05, 0.1) is 12.5 Å². The van der Waals surface area contributed by atoms with Gasteiger partial charge in [0.1, 0.15) is 0 Å². The summed E-state index contributed by atoms with van der Waals surface area (Å²) in [6.07, 6.45) is -0.369. The van der Waals surface area contributed by atoms with E-state index < -0.39 is 17.8 Å². The van der Waals surface area contributed by atoms with Crippen LogP contribution in [0.5, 0.6) is 0 Å². The van der Waals surface area contributed by atoms with Gasteiger partial charge in [-0.1, -0.05) is 13.8 Å². The molecule has 0 saturated carbocycles. The van der Waals surface area contributed by atoms with E-state index in [9.17, 15) is 14.4 Å². The van der Waals surface area contributed by atoms with Gasteiger partial charge in [-0.2, -0.15) is 0 Å². The maximum absolute atomic E-state index is 12.2. The second-order valence-corrected chi connectivity index (χ2v) is 4.93. The third-order valence-corrected chi connectivity index (χ3v) is 3.65. The van der Waals surface area contributed by atoms with Crippen molar-refractivity contribution in [2.24, 2.45) is 11.8 Å². The molecule has 1 aliphatic rings. The Balaban J connectivity index is 2.50. The Bertz CT molecular complexity index is 377. The molecule has 2 amide bonds. The number of carboxylic acid groups (broad SMARTS) is 1. The van der Waals surface area contributed by atoms with Gasteiger partial charge in [0.25, 0.3) is 0 Å². The number of rotatable bonds is 4. The van der Waals surface area contributed by atoms with Crippen LogP contribution in [0, 0.1) is 11.8 Å². The van der Waals surface area contributed by atoms with Crippen molar-refractivity contribution in [3.63, 3.8) is 0 Å². The lowest BCUT2D eigenvalue weighted by atomic mass is 9.94. The second kappa shape index (κ2) is 7.12. The summed E-state index contributed by atoms with van der Waals surface area (Å²) >= 11 is 0. The summed E-state index contributed by atoms with van der Waals surface area (Å²) < 4.78 is 4.90. The minimum Gasteiger partial charge on any atom is -0.481 e. The maximum Gasteiger partial charge on any atom is 0.409 e. The SMILES string of the molecule is CCOC(=O)N1CCN(C(=O)C(C)C(C)C(=O)O)CC1. The van der Waals surface area contributed by atoms with Crippen molar-refractivity contribution in [3.8, 4) is 0 Å². The predicted octanol–water partition coefficient (Wildman–Crippen LogP) is 0.644. The first-order chi connectivity index (χ1) is 9.38. The molecule has 20 heavy (non-hydrogen) atoms. The highest BCUT2D eigenvalue weighted by molar-refractivity contribution is 5.84. The summed E-state index contributed by atoms with van der Waals surface area (Å²) in [4.78, 5) is 37.8. The molecule has 1 fully saturated rings. The van der Waals surface area contributed by atoms with Crippen LogP contribution in [0.1, 0.15) is 20.8 Å². The van der Waals surface area contributed by atoms with E-state index >= 15 is 0 Å². The van der Waals surface area contributed by atoms with E-state index in [2.05, 4.69) is 0 Å². The average molecular weight is 286 g/mol. The number of piperazine rings is 1. The molecule has 1 saturated heterocycles. The summed E-state index contributed by atoms with van der Waals surface area (Å²) in [5, 5.41) is 8.93. The Labute approximate surface area is 118 Å².